The molecule has 124 valence electrons. The third kappa shape index (κ3) is 3.25. The highest BCUT2D eigenvalue weighted by atomic mass is 32.2. The zero-order valence-corrected chi connectivity index (χ0v) is 13.7. The van der Waals surface area contributed by atoms with E-state index in [1.165, 1.54) is 28.6 Å². The van der Waals surface area contributed by atoms with Crippen molar-refractivity contribution in [3.05, 3.63) is 71.8 Å². The summed E-state index contributed by atoms with van der Waals surface area (Å²) in [4.78, 5) is 11.1. The SMILES string of the molecule is O=C(O)c1cccc(S(=O)(=O)N2CC=C(c3ccccc3)CC2)c1. The Morgan fingerprint density at radius 2 is 1.79 bits per heavy atom. The van der Waals surface area contributed by atoms with E-state index in [1.807, 2.05) is 36.4 Å². The maximum absolute atomic E-state index is 12.7. The van der Waals surface area contributed by atoms with E-state index in [0.717, 1.165) is 11.1 Å². The van der Waals surface area contributed by atoms with Crippen LogP contribution in [0.4, 0.5) is 0 Å². The van der Waals surface area contributed by atoms with Gasteiger partial charge in [-0.2, -0.15) is 4.31 Å². The van der Waals surface area contributed by atoms with Gasteiger partial charge in [0.2, 0.25) is 10.0 Å². The summed E-state index contributed by atoms with van der Waals surface area (Å²) in [5.41, 5.74) is 2.19. The summed E-state index contributed by atoms with van der Waals surface area (Å²) in [6.07, 6.45) is 2.54. The molecule has 0 spiro atoms. The molecule has 0 bridgehead atoms. The number of carboxylic acids is 1. The maximum Gasteiger partial charge on any atom is 0.335 e. The van der Waals surface area contributed by atoms with Crippen LogP contribution in [0.5, 0.6) is 0 Å². The monoisotopic (exact) mass is 343 g/mol. The predicted molar refractivity (Wildman–Crippen MR) is 91.2 cm³/mol. The van der Waals surface area contributed by atoms with E-state index < -0.39 is 16.0 Å². The van der Waals surface area contributed by atoms with Crippen molar-refractivity contribution in [3.8, 4) is 0 Å². The molecular weight excluding hydrogens is 326 g/mol. The van der Waals surface area contributed by atoms with Crippen LogP contribution in [-0.4, -0.2) is 36.9 Å². The fourth-order valence-electron chi connectivity index (χ4n) is 2.72. The smallest absolute Gasteiger partial charge is 0.335 e. The Kier molecular flexibility index (Phi) is 4.51. The van der Waals surface area contributed by atoms with Gasteiger partial charge in [0.05, 0.1) is 10.5 Å². The summed E-state index contributed by atoms with van der Waals surface area (Å²) < 4.78 is 26.8. The Morgan fingerprint density at radius 3 is 2.42 bits per heavy atom. The van der Waals surface area contributed by atoms with Crippen LogP contribution in [0.25, 0.3) is 5.57 Å². The van der Waals surface area contributed by atoms with E-state index in [1.54, 1.807) is 0 Å². The molecule has 24 heavy (non-hydrogen) atoms. The molecule has 0 saturated heterocycles. The van der Waals surface area contributed by atoms with Gasteiger partial charge in [-0.25, -0.2) is 13.2 Å². The van der Waals surface area contributed by atoms with Crippen LogP contribution in [0, 0.1) is 0 Å². The van der Waals surface area contributed by atoms with Gasteiger partial charge < -0.3 is 5.11 Å². The zero-order chi connectivity index (χ0) is 17.2. The summed E-state index contributed by atoms with van der Waals surface area (Å²) in [5, 5.41) is 9.03. The van der Waals surface area contributed by atoms with Gasteiger partial charge in [-0.05, 0) is 35.8 Å². The molecule has 0 amide bonds. The Labute approximate surface area is 140 Å². The molecule has 0 fully saturated rings. The van der Waals surface area contributed by atoms with Crippen LogP contribution < -0.4 is 0 Å². The predicted octanol–water partition coefficient (Wildman–Crippen LogP) is 2.86. The highest BCUT2D eigenvalue weighted by Gasteiger charge is 2.26. The normalized spacial score (nSPS) is 15.8. The molecule has 2 aromatic rings. The largest absolute Gasteiger partial charge is 0.478 e. The topological polar surface area (TPSA) is 74.7 Å². The highest BCUT2D eigenvalue weighted by Crippen LogP contribution is 2.26. The molecule has 3 rings (SSSR count). The second kappa shape index (κ2) is 6.59. The molecule has 0 atom stereocenters. The Hall–Kier alpha value is -2.44. The Bertz CT molecular complexity index is 888. The third-order valence-electron chi connectivity index (χ3n) is 4.04. The van der Waals surface area contributed by atoms with Gasteiger partial charge in [-0.1, -0.05) is 42.5 Å². The molecule has 1 heterocycles. The van der Waals surface area contributed by atoms with Gasteiger partial charge in [0.1, 0.15) is 0 Å². The summed E-state index contributed by atoms with van der Waals surface area (Å²) >= 11 is 0. The third-order valence-corrected chi connectivity index (χ3v) is 5.90. The Morgan fingerprint density at radius 1 is 1.04 bits per heavy atom. The lowest BCUT2D eigenvalue weighted by Gasteiger charge is -2.26. The van der Waals surface area contributed by atoms with E-state index >= 15 is 0 Å². The van der Waals surface area contributed by atoms with Crippen molar-refractivity contribution in [2.45, 2.75) is 11.3 Å². The maximum atomic E-state index is 12.7. The number of carboxylic acid groups (broad SMARTS) is 1. The lowest BCUT2D eigenvalue weighted by molar-refractivity contribution is 0.0696. The van der Waals surface area contributed by atoms with Gasteiger partial charge in [-0.3, -0.25) is 0 Å². The average molecular weight is 343 g/mol. The van der Waals surface area contributed by atoms with E-state index in [2.05, 4.69) is 0 Å². The van der Waals surface area contributed by atoms with Crippen LogP contribution >= 0.6 is 0 Å². The number of hydrogen-bond donors (Lipinski definition) is 1. The first-order chi connectivity index (χ1) is 11.5. The second-order valence-corrected chi connectivity index (χ2v) is 7.48. The number of benzene rings is 2. The number of hydrogen-bond acceptors (Lipinski definition) is 3. The number of carbonyl (C=O) groups is 1. The van der Waals surface area contributed by atoms with Crippen molar-refractivity contribution in [3.63, 3.8) is 0 Å². The van der Waals surface area contributed by atoms with Crippen LogP contribution in [0.3, 0.4) is 0 Å². The van der Waals surface area contributed by atoms with Crippen molar-refractivity contribution in [1.82, 2.24) is 4.31 Å². The van der Waals surface area contributed by atoms with Crippen LogP contribution in [0.15, 0.2) is 65.6 Å². The van der Waals surface area contributed by atoms with Crippen LogP contribution in [-0.2, 0) is 10.0 Å². The van der Waals surface area contributed by atoms with Gasteiger partial charge in [0.15, 0.2) is 0 Å². The lowest BCUT2D eigenvalue weighted by atomic mass is 10.0. The standard InChI is InChI=1S/C18H17NO4S/c20-18(21)16-7-4-8-17(13-16)24(22,23)19-11-9-15(10-12-19)14-5-2-1-3-6-14/h1-9,13H,10-12H2,(H,20,21). The minimum absolute atomic E-state index is 0.0129. The minimum atomic E-state index is -3.70. The van der Waals surface area contributed by atoms with Gasteiger partial charge in [0.25, 0.3) is 0 Å². The average Bonchev–Trinajstić information content (AvgIpc) is 2.62. The molecule has 0 saturated carbocycles. The molecule has 1 aliphatic rings. The second-order valence-electron chi connectivity index (χ2n) is 5.54. The summed E-state index contributed by atoms with van der Waals surface area (Å²) in [5.74, 6) is -1.14. The number of sulfonamides is 1. The molecular formula is C18H17NO4S. The first-order valence-corrected chi connectivity index (χ1v) is 9.00. The van der Waals surface area contributed by atoms with Crippen molar-refractivity contribution < 1.29 is 18.3 Å². The molecule has 0 radical (unpaired) electrons. The number of rotatable bonds is 4. The fraction of sp³-hybridized carbons (Fsp3) is 0.167. The van der Waals surface area contributed by atoms with Crippen molar-refractivity contribution in [2.24, 2.45) is 0 Å². The summed E-state index contributed by atoms with van der Waals surface area (Å²) in [7, 11) is -3.70. The molecule has 1 N–H and O–H groups in total. The van der Waals surface area contributed by atoms with E-state index in [4.69, 9.17) is 5.11 Å². The Balaban J connectivity index is 1.84. The highest BCUT2D eigenvalue weighted by molar-refractivity contribution is 7.89. The van der Waals surface area contributed by atoms with Gasteiger partial charge in [-0.15, -0.1) is 0 Å². The number of nitrogens with zero attached hydrogens (tertiary/aromatic N) is 1. The van der Waals surface area contributed by atoms with E-state index in [-0.39, 0.29) is 17.0 Å². The molecule has 2 aromatic carbocycles. The van der Waals surface area contributed by atoms with Gasteiger partial charge in [0, 0.05) is 13.1 Å². The summed E-state index contributed by atoms with van der Waals surface area (Å²) in [6, 6.07) is 15.3. The lowest BCUT2D eigenvalue weighted by Crippen LogP contribution is -2.34. The quantitative estimate of drug-likeness (QED) is 0.926. The molecule has 5 nitrogen and oxygen atoms in total. The van der Waals surface area contributed by atoms with E-state index in [9.17, 15) is 13.2 Å². The minimum Gasteiger partial charge on any atom is -0.478 e. The van der Waals surface area contributed by atoms with Crippen LogP contribution in [0.2, 0.25) is 0 Å². The molecule has 0 aliphatic carbocycles. The van der Waals surface area contributed by atoms with E-state index in [0.29, 0.717) is 13.0 Å². The van der Waals surface area contributed by atoms with Crippen LogP contribution in [0.1, 0.15) is 22.3 Å². The molecule has 0 aromatic heterocycles. The zero-order valence-electron chi connectivity index (χ0n) is 12.9. The molecule has 0 unspecified atom stereocenters. The van der Waals surface area contributed by atoms with Crippen molar-refractivity contribution in [1.29, 1.82) is 0 Å². The van der Waals surface area contributed by atoms with Crippen molar-refractivity contribution >= 4 is 21.6 Å². The molecule has 1 aliphatic heterocycles. The summed E-state index contributed by atoms with van der Waals surface area (Å²) in [6.45, 7) is 0.657. The first kappa shape index (κ1) is 16.4. The molecule has 6 heteroatoms. The first-order valence-electron chi connectivity index (χ1n) is 7.56. The van der Waals surface area contributed by atoms with Crippen molar-refractivity contribution in [2.75, 3.05) is 13.1 Å². The number of aromatic carboxylic acids is 1. The van der Waals surface area contributed by atoms with Gasteiger partial charge >= 0.3 is 5.97 Å². The fourth-order valence-corrected chi connectivity index (χ4v) is 4.15.